The lowest BCUT2D eigenvalue weighted by molar-refractivity contribution is -0.0450. The van der Waals surface area contributed by atoms with Crippen molar-refractivity contribution >= 4 is 17.5 Å². The molecule has 2 aromatic rings. The van der Waals surface area contributed by atoms with Gasteiger partial charge < -0.3 is 15.1 Å². The van der Waals surface area contributed by atoms with E-state index in [0.717, 1.165) is 30.0 Å². The van der Waals surface area contributed by atoms with Gasteiger partial charge in [-0.1, -0.05) is 23.7 Å². The van der Waals surface area contributed by atoms with E-state index >= 15 is 0 Å². The number of halogens is 1. The zero-order valence-electron chi connectivity index (χ0n) is 16.3. The number of benzene rings is 1. The van der Waals surface area contributed by atoms with E-state index < -0.39 is 11.7 Å². The van der Waals surface area contributed by atoms with E-state index in [9.17, 15) is 10.2 Å². The van der Waals surface area contributed by atoms with Gasteiger partial charge in [0.1, 0.15) is 0 Å². The average molecular weight is 403 g/mol. The van der Waals surface area contributed by atoms with E-state index in [4.69, 9.17) is 11.6 Å². The number of nitrogens with zero attached hydrogens (tertiary/aromatic N) is 4. The van der Waals surface area contributed by atoms with Crippen molar-refractivity contribution in [2.45, 2.75) is 44.4 Å². The summed E-state index contributed by atoms with van der Waals surface area (Å²) in [6.07, 6.45) is 0.821. The summed E-state index contributed by atoms with van der Waals surface area (Å²) in [5.74, 6) is 0.689. The summed E-state index contributed by atoms with van der Waals surface area (Å²) in [7, 11) is 0. The van der Waals surface area contributed by atoms with Gasteiger partial charge in [0, 0.05) is 42.6 Å². The van der Waals surface area contributed by atoms with Gasteiger partial charge in [0.2, 0.25) is 5.95 Å². The fourth-order valence-electron chi connectivity index (χ4n) is 4.41. The molecule has 1 aromatic carbocycles. The summed E-state index contributed by atoms with van der Waals surface area (Å²) < 4.78 is 0. The van der Waals surface area contributed by atoms with Crippen molar-refractivity contribution in [2.75, 3.05) is 31.1 Å². The molecule has 2 aliphatic heterocycles. The number of hydrogen-bond acceptors (Lipinski definition) is 6. The van der Waals surface area contributed by atoms with E-state index in [1.165, 1.54) is 0 Å². The number of anilines is 1. The molecule has 28 heavy (non-hydrogen) atoms. The van der Waals surface area contributed by atoms with Gasteiger partial charge >= 0.3 is 0 Å². The van der Waals surface area contributed by atoms with Gasteiger partial charge in [-0.15, -0.1) is 0 Å². The fourth-order valence-corrected chi connectivity index (χ4v) is 4.54. The lowest BCUT2D eigenvalue weighted by Gasteiger charge is -2.41. The number of aryl methyl sites for hydroxylation is 2. The van der Waals surface area contributed by atoms with Crippen LogP contribution in [0.5, 0.6) is 0 Å². The molecule has 2 aliphatic rings. The lowest BCUT2D eigenvalue weighted by atomic mass is 9.84. The van der Waals surface area contributed by atoms with E-state index in [1.54, 1.807) is 0 Å². The molecule has 0 amide bonds. The first-order chi connectivity index (χ1) is 13.3. The van der Waals surface area contributed by atoms with Crippen LogP contribution < -0.4 is 4.90 Å². The van der Waals surface area contributed by atoms with Gasteiger partial charge in [-0.25, -0.2) is 9.97 Å². The third-order valence-electron chi connectivity index (χ3n) is 5.99. The van der Waals surface area contributed by atoms with Crippen LogP contribution in [0.15, 0.2) is 30.3 Å². The van der Waals surface area contributed by atoms with E-state index in [0.29, 0.717) is 36.9 Å². The summed E-state index contributed by atoms with van der Waals surface area (Å²) in [6.45, 7) is 6.63. The van der Waals surface area contributed by atoms with Gasteiger partial charge in [-0.05, 0) is 50.5 Å². The van der Waals surface area contributed by atoms with Gasteiger partial charge in [-0.3, -0.25) is 4.90 Å². The minimum absolute atomic E-state index is 0.0270. The minimum Gasteiger partial charge on any atom is -0.390 e. The third-order valence-corrected chi connectivity index (χ3v) is 6.24. The van der Waals surface area contributed by atoms with Crippen LogP contribution in [0.25, 0.3) is 0 Å². The molecule has 6 nitrogen and oxygen atoms in total. The summed E-state index contributed by atoms with van der Waals surface area (Å²) in [4.78, 5) is 13.4. The Balaban J connectivity index is 1.42. The minimum atomic E-state index is -0.832. The number of likely N-dealkylation sites (tertiary alicyclic amines) is 1. The number of aliphatic hydroxyl groups excluding tert-OH is 1. The number of rotatable bonds is 3. The third kappa shape index (κ3) is 3.87. The van der Waals surface area contributed by atoms with Gasteiger partial charge in [-0.2, -0.15) is 0 Å². The quantitative estimate of drug-likeness (QED) is 0.820. The SMILES string of the molecule is Cc1cc(C)nc(N2CC(O)C(N3CCC(O)(c4ccc(Cl)cc4)CC3)C2)n1. The topological polar surface area (TPSA) is 72.7 Å². The highest BCUT2D eigenvalue weighted by Crippen LogP contribution is 2.35. The molecule has 0 aliphatic carbocycles. The monoisotopic (exact) mass is 402 g/mol. The largest absolute Gasteiger partial charge is 0.390 e. The van der Waals surface area contributed by atoms with Gasteiger partial charge in [0.25, 0.3) is 0 Å². The van der Waals surface area contributed by atoms with E-state index in [-0.39, 0.29) is 6.04 Å². The van der Waals surface area contributed by atoms with Crippen molar-refractivity contribution in [2.24, 2.45) is 0 Å². The second kappa shape index (κ2) is 7.59. The molecule has 2 fully saturated rings. The summed E-state index contributed by atoms with van der Waals surface area (Å²) in [5, 5.41) is 22.4. The molecule has 2 N–H and O–H groups in total. The maximum absolute atomic E-state index is 11.1. The predicted molar refractivity (Wildman–Crippen MR) is 110 cm³/mol. The second-order valence-electron chi connectivity index (χ2n) is 8.06. The highest BCUT2D eigenvalue weighted by molar-refractivity contribution is 6.30. The molecule has 4 rings (SSSR count). The van der Waals surface area contributed by atoms with Crippen molar-refractivity contribution in [1.29, 1.82) is 0 Å². The van der Waals surface area contributed by atoms with Crippen molar-refractivity contribution in [3.05, 3.63) is 52.3 Å². The molecule has 3 heterocycles. The Morgan fingerprint density at radius 3 is 2.25 bits per heavy atom. The second-order valence-corrected chi connectivity index (χ2v) is 8.50. The van der Waals surface area contributed by atoms with Crippen molar-refractivity contribution in [3.63, 3.8) is 0 Å². The van der Waals surface area contributed by atoms with Crippen molar-refractivity contribution in [1.82, 2.24) is 14.9 Å². The van der Waals surface area contributed by atoms with Crippen LogP contribution in [0.4, 0.5) is 5.95 Å². The number of aromatic nitrogens is 2. The first-order valence-electron chi connectivity index (χ1n) is 9.82. The number of β-amino-alcohol motifs (C(OH)–C–C–N with tert-alkyl or cyclic N) is 1. The standard InChI is InChI=1S/C21H27ClN4O2/c1-14-11-15(2)24-20(23-14)26-12-18(19(27)13-26)25-9-7-21(28,8-10-25)16-3-5-17(22)6-4-16/h3-6,11,18-19,27-28H,7-10,12-13H2,1-2H3. The van der Waals surface area contributed by atoms with Gasteiger partial charge in [0.05, 0.1) is 17.7 Å². The van der Waals surface area contributed by atoms with Crippen LogP contribution in [0.1, 0.15) is 29.8 Å². The molecule has 1 aromatic heterocycles. The first-order valence-corrected chi connectivity index (χ1v) is 10.2. The van der Waals surface area contributed by atoms with Crippen LogP contribution >= 0.6 is 11.6 Å². The van der Waals surface area contributed by atoms with Crippen molar-refractivity contribution in [3.8, 4) is 0 Å². The molecule has 150 valence electrons. The summed E-state index contributed by atoms with van der Waals surface area (Å²) >= 11 is 5.97. The molecule has 0 bridgehead atoms. The Bertz CT molecular complexity index is 817. The highest BCUT2D eigenvalue weighted by atomic mass is 35.5. The predicted octanol–water partition coefficient (Wildman–Crippen LogP) is 2.28. The Hall–Kier alpha value is -1.73. The summed E-state index contributed by atoms with van der Waals surface area (Å²) in [6, 6.07) is 9.44. The normalized spacial score (nSPS) is 25.2. The smallest absolute Gasteiger partial charge is 0.225 e. The van der Waals surface area contributed by atoms with Crippen LogP contribution in [0.2, 0.25) is 5.02 Å². The van der Waals surface area contributed by atoms with Crippen LogP contribution in [-0.4, -0.2) is 63.4 Å². The van der Waals surface area contributed by atoms with E-state index in [2.05, 4.69) is 19.8 Å². The van der Waals surface area contributed by atoms with E-state index in [1.807, 2.05) is 44.2 Å². The molecule has 2 atom stereocenters. The van der Waals surface area contributed by atoms with Crippen LogP contribution in [0, 0.1) is 13.8 Å². The Morgan fingerprint density at radius 1 is 1.04 bits per heavy atom. The number of aliphatic hydroxyl groups is 2. The summed E-state index contributed by atoms with van der Waals surface area (Å²) in [5.41, 5.74) is 1.95. The Kier molecular flexibility index (Phi) is 5.31. The maximum Gasteiger partial charge on any atom is 0.225 e. The fraction of sp³-hybridized carbons (Fsp3) is 0.524. The Morgan fingerprint density at radius 2 is 1.64 bits per heavy atom. The molecule has 7 heteroatoms. The zero-order chi connectivity index (χ0) is 19.9. The molecule has 2 unspecified atom stereocenters. The first kappa shape index (κ1) is 19.6. The Labute approximate surface area is 170 Å². The highest BCUT2D eigenvalue weighted by Gasteiger charge is 2.41. The van der Waals surface area contributed by atoms with Crippen LogP contribution in [-0.2, 0) is 5.60 Å². The molecule has 0 saturated carbocycles. The van der Waals surface area contributed by atoms with Crippen molar-refractivity contribution < 1.29 is 10.2 Å². The molecular formula is C21H27ClN4O2. The van der Waals surface area contributed by atoms with Gasteiger partial charge in [0.15, 0.2) is 0 Å². The molecule has 0 spiro atoms. The van der Waals surface area contributed by atoms with Crippen LogP contribution in [0.3, 0.4) is 0 Å². The molecule has 2 saturated heterocycles. The lowest BCUT2D eigenvalue weighted by Crippen LogP contribution is -2.51. The average Bonchev–Trinajstić information content (AvgIpc) is 3.04. The zero-order valence-corrected chi connectivity index (χ0v) is 17.1. The number of hydrogen-bond donors (Lipinski definition) is 2. The maximum atomic E-state index is 11.1. The molecule has 0 radical (unpaired) electrons. The number of piperidine rings is 1. The molecular weight excluding hydrogens is 376 g/mol.